The van der Waals surface area contributed by atoms with E-state index in [1.165, 1.54) is 68.9 Å². The minimum absolute atomic E-state index is 0.762. The van der Waals surface area contributed by atoms with Crippen LogP contribution >= 0.6 is 0 Å². The van der Waals surface area contributed by atoms with Gasteiger partial charge >= 0.3 is 0 Å². The molecule has 1 heteroatoms. The zero-order chi connectivity index (χ0) is 16.3. The number of ether oxygens (including phenoxy) is 1. The van der Waals surface area contributed by atoms with Crippen LogP contribution in [0.15, 0.2) is 36.9 Å². The fourth-order valence-electron chi connectivity index (χ4n) is 3.67. The fourth-order valence-corrected chi connectivity index (χ4v) is 3.67. The third-order valence-corrected chi connectivity index (χ3v) is 5.24. The molecule has 0 heterocycles. The third-order valence-electron chi connectivity index (χ3n) is 5.24. The summed E-state index contributed by atoms with van der Waals surface area (Å²) in [6, 6.07) is 9.19. The number of hydrogen-bond donors (Lipinski definition) is 0. The first-order valence-electron chi connectivity index (χ1n) is 9.61. The Kier molecular flexibility index (Phi) is 8.46. The molecule has 0 atom stereocenters. The average molecular weight is 315 g/mol. The molecule has 0 amide bonds. The van der Waals surface area contributed by atoms with Crippen LogP contribution < -0.4 is 0 Å². The summed E-state index contributed by atoms with van der Waals surface area (Å²) >= 11 is 0. The summed E-state index contributed by atoms with van der Waals surface area (Å²) in [5.41, 5.74) is 2.84. The van der Waals surface area contributed by atoms with Crippen LogP contribution in [0.3, 0.4) is 0 Å². The smallest absolute Gasteiger partial charge is 0.0716 e. The lowest BCUT2D eigenvalue weighted by Crippen LogP contribution is -2.13. The monoisotopic (exact) mass is 314 g/mol. The Morgan fingerprint density at radius 3 is 2.48 bits per heavy atom. The van der Waals surface area contributed by atoms with Gasteiger partial charge in [-0.15, -0.1) is 6.58 Å². The van der Waals surface area contributed by atoms with Crippen LogP contribution in [0, 0.1) is 5.92 Å². The standard InChI is InChI=1S/C22H34O/c1-3-5-7-17-23-18-20-11-15-22(16-12-20)21-13-9-19(10-14-21)8-6-4-2/h4,11-12,15-16,19,21H,2-3,5-10,13-14,17-18H2,1H3/t19-,21-. The van der Waals surface area contributed by atoms with Crippen molar-refractivity contribution < 1.29 is 4.74 Å². The molecule has 1 fully saturated rings. The van der Waals surface area contributed by atoms with Crippen molar-refractivity contribution in [2.24, 2.45) is 5.92 Å². The van der Waals surface area contributed by atoms with E-state index < -0.39 is 0 Å². The molecule has 0 unspecified atom stereocenters. The highest BCUT2D eigenvalue weighted by Gasteiger charge is 2.21. The molecule has 0 radical (unpaired) electrons. The van der Waals surface area contributed by atoms with Gasteiger partial charge in [0.25, 0.3) is 0 Å². The van der Waals surface area contributed by atoms with Gasteiger partial charge in [-0.25, -0.2) is 0 Å². The van der Waals surface area contributed by atoms with Crippen molar-refractivity contribution in [2.75, 3.05) is 6.61 Å². The fraction of sp³-hybridized carbons (Fsp3) is 0.636. The Bertz CT molecular complexity index is 426. The molecule has 1 aromatic rings. The third kappa shape index (κ3) is 6.51. The molecule has 0 aromatic heterocycles. The van der Waals surface area contributed by atoms with Crippen LogP contribution in [0.1, 0.15) is 81.8 Å². The van der Waals surface area contributed by atoms with Crippen LogP contribution in [0.5, 0.6) is 0 Å². The maximum absolute atomic E-state index is 5.75. The summed E-state index contributed by atoms with van der Waals surface area (Å²) < 4.78 is 5.75. The average Bonchev–Trinajstić information content (AvgIpc) is 2.61. The normalized spacial score (nSPS) is 21.3. The molecular formula is C22H34O. The topological polar surface area (TPSA) is 9.23 Å². The van der Waals surface area contributed by atoms with Crippen LogP contribution in [0.25, 0.3) is 0 Å². The highest BCUT2D eigenvalue weighted by Crippen LogP contribution is 2.37. The molecule has 1 aromatic carbocycles. The Morgan fingerprint density at radius 1 is 1.09 bits per heavy atom. The van der Waals surface area contributed by atoms with E-state index in [1.54, 1.807) is 0 Å². The second kappa shape index (κ2) is 10.6. The molecule has 128 valence electrons. The van der Waals surface area contributed by atoms with Gasteiger partial charge in [-0.05, 0) is 67.9 Å². The Morgan fingerprint density at radius 2 is 1.83 bits per heavy atom. The Labute approximate surface area is 143 Å². The van der Waals surface area contributed by atoms with Gasteiger partial charge in [-0.2, -0.15) is 0 Å². The summed E-state index contributed by atoms with van der Waals surface area (Å²) in [5.74, 6) is 1.70. The molecule has 1 saturated carbocycles. The van der Waals surface area contributed by atoms with Gasteiger partial charge in [-0.1, -0.05) is 50.1 Å². The van der Waals surface area contributed by atoms with E-state index in [0.29, 0.717) is 0 Å². The first-order valence-corrected chi connectivity index (χ1v) is 9.61. The molecule has 0 bridgehead atoms. The van der Waals surface area contributed by atoms with E-state index in [-0.39, 0.29) is 0 Å². The zero-order valence-corrected chi connectivity index (χ0v) is 14.9. The van der Waals surface area contributed by atoms with Crippen molar-refractivity contribution >= 4 is 0 Å². The number of benzene rings is 1. The lowest BCUT2D eigenvalue weighted by molar-refractivity contribution is 0.117. The van der Waals surface area contributed by atoms with Gasteiger partial charge in [0.1, 0.15) is 0 Å². The van der Waals surface area contributed by atoms with Crippen LogP contribution in [-0.2, 0) is 11.3 Å². The summed E-state index contributed by atoms with van der Waals surface area (Å²) in [5, 5.41) is 0. The van der Waals surface area contributed by atoms with E-state index in [0.717, 1.165) is 25.0 Å². The highest BCUT2D eigenvalue weighted by molar-refractivity contribution is 5.25. The van der Waals surface area contributed by atoms with Crippen LogP contribution in [0.2, 0.25) is 0 Å². The van der Waals surface area contributed by atoms with Crippen LogP contribution in [0.4, 0.5) is 0 Å². The number of unbranched alkanes of at least 4 members (excludes halogenated alkanes) is 2. The molecule has 1 aliphatic rings. The molecule has 23 heavy (non-hydrogen) atoms. The molecule has 0 spiro atoms. The minimum Gasteiger partial charge on any atom is -0.377 e. The molecular weight excluding hydrogens is 280 g/mol. The van der Waals surface area contributed by atoms with Crippen molar-refractivity contribution in [3.63, 3.8) is 0 Å². The number of allylic oxidation sites excluding steroid dienone is 1. The Hall–Kier alpha value is -1.08. The minimum atomic E-state index is 0.762. The van der Waals surface area contributed by atoms with Crippen LogP contribution in [-0.4, -0.2) is 6.61 Å². The molecule has 0 saturated heterocycles. The SMILES string of the molecule is C=CCC[C@H]1CC[C@H](c2ccc(COCCCCC)cc2)CC1. The predicted octanol–water partition coefficient (Wildman–Crippen LogP) is 6.63. The van der Waals surface area contributed by atoms with Gasteiger partial charge in [0.05, 0.1) is 6.61 Å². The van der Waals surface area contributed by atoms with Crippen molar-refractivity contribution in [1.82, 2.24) is 0 Å². The molecule has 1 aliphatic carbocycles. The summed E-state index contributed by atoms with van der Waals surface area (Å²) in [6.07, 6.45) is 13.8. The summed E-state index contributed by atoms with van der Waals surface area (Å²) in [7, 11) is 0. The largest absolute Gasteiger partial charge is 0.377 e. The van der Waals surface area contributed by atoms with Gasteiger partial charge in [-0.3, -0.25) is 0 Å². The highest BCUT2D eigenvalue weighted by atomic mass is 16.5. The van der Waals surface area contributed by atoms with Crippen molar-refractivity contribution in [3.05, 3.63) is 48.0 Å². The lowest BCUT2D eigenvalue weighted by atomic mass is 9.77. The first kappa shape index (κ1) is 18.3. The lowest BCUT2D eigenvalue weighted by Gasteiger charge is -2.28. The summed E-state index contributed by atoms with van der Waals surface area (Å²) in [4.78, 5) is 0. The maximum atomic E-state index is 5.75. The molecule has 2 rings (SSSR count). The predicted molar refractivity (Wildman–Crippen MR) is 99.8 cm³/mol. The summed E-state index contributed by atoms with van der Waals surface area (Å²) in [6.45, 7) is 7.72. The second-order valence-electron chi connectivity index (χ2n) is 7.08. The Balaban J connectivity index is 1.71. The van der Waals surface area contributed by atoms with E-state index in [9.17, 15) is 0 Å². The van der Waals surface area contributed by atoms with E-state index >= 15 is 0 Å². The van der Waals surface area contributed by atoms with E-state index in [1.807, 2.05) is 0 Å². The van der Waals surface area contributed by atoms with Gasteiger partial charge in [0.2, 0.25) is 0 Å². The van der Waals surface area contributed by atoms with Gasteiger partial charge < -0.3 is 4.74 Å². The van der Waals surface area contributed by atoms with Crippen molar-refractivity contribution in [2.45, 2.75) is 77.2 Å². The second-order valence-corrected chi connectivity index (χ2v) is 7.08. The zero-order valence-electron chi connectivity index (χ0n) is 14.9. The maximum Gasteiger partial charge on any atom is 0.0716 e. The molecule has 1 nitrogen and oxygen atoms in total. The molecule has 0 N–H and O–H groups in total. The van der Waals surface area contributed by atoms with E-state index in [2.05, 4.69) is 43.8 Å². The van der Waals surface area contributed by atoms with Crippen molar-refractivity contribution in [1.29, 1.82) is 0 Å². The van der Waals surface area contributed by atoms with E-state index in [4.69, 9.17) is 4.74 Å². The molecule has 0 aliphatic heterocycles. The first-order chi connectivity index (χ1) is 11.3. The van der Waals surface area contributed by atoms with Crippen molar-refractivity contribution in [3.8, 4) is 0 Å². The quantitative estimate of drug-likeness (QED) is 0.348. The number of rotatable bonds is 10. The number of hydrogen-bond acceptors (Lipinski definition) is 1. The van der Waals surface area contributed by atoms with Gasteiger partial charge in [0.15, 0.2) is 0 Å². The van der Waals surface area contributed by atoms with Gasteiger partial charge in [0, 0.05) is 6.61 Å².